The highest BCUT2D eigenvalue weighted by Crippen LogP contribution is 2.39. The average Bonchev–Trinajstić information content (AvgIpc) is 2.93. The Hall–Kier alpha value is -4.50. The van der Waals surface area contributed by atoms with Gasteiger partial charge >= 0.3 is 0 Å². The quantitative estimate of drug-likeness (QED) is 0.340. The maximum absolute atomic E-state index is 13.9. The number of hydrogen-bond acceptors (Lipinski definition) is 7. The van der Waals surface area contributed by atoms with Gasteiger partial charge in [0.25, 0.3) is 0 Å². The van der Waals surface area contributed by atoms with Crippen LogP contribution in [0.4, 0.5) is 27.4 Å². The molecule has 0 saturated carbocycles. The Morgan fingerprint density at radius 3 is 2.70 bits per heavy atom. The zero-order valence-electron chi connectivity index (χ0n) is 20.3. The minimum Gasteiger partial charge on any atom is -0.494 e. The third-order valence-corrected chi connectivity index (χ3v) is 6.11. The molecule has 0 atom stereocenters. The normalized spacial score (nSPS) is 13.3. The highest BCUT2D eigenvalue weighted by Gasteiger charge is 2.20. The van der Waals surface area contributed by atoms with Crippen molar-refractivity contribution < 1.29 is 18.7 Å². The van der Waals surface area contributed by atoms with Gasteiger partial charge in [-0.25, -0.2) is 14.4 Å². The van der Waals surface area contributed by atoms with Crippen LogP contribution in [0.25, 0.3) is 22.0 Å². The summed E-state index contributed by atoms with van der Waals surface area (Å²) in [7, 11) is 1.58. The van der Waals surface area contributed by atoms with E-state index in [9.17, 15) is 9.18 Å². The van der Waals surface area contributed by atoms with Gasteiger partial charge in [-0.3, -0.25) is 4.79 Å². The number of fused-ring (bicyclic) bond motifs is 1. The Morgan fingerprint density at radius 1 is 1.14 bits per heavy atom. The fourth-order valence-corrected chi connectivity index (χ4v) is 4.31. The number of carbonyl (C=O) groups is 1. The number of benzene rings is 3. The third kappa shape index (κ3) is 5.22. The van der Waals surface area contributed by atoms with Crippen molar-refractivity contribution in [3.8, 4) is 16.9 Å². The first kappa shape index (κ1) is 24.2. The van der Waals surface area contributed by atoms with Crippen molar-refractivity contribution in [1.29, 1.82) is 0 Å². The zero-order valence-corrected chi connectivity index (χ0v) is 20.3. The maximum Gasteiger partial charge on any atom is 0.247 e. The van der Waals surface area contributed by atoms with Crippen molar-refractivity contribution in [3.63, 3.8) is 0 Å². The molecule has 2 N–H and O–H groups in total. The molecule has 8 nitrogen and oxygen atoms in total. The van der Waals surface area contributed by atoms with Crippen LogP contribution in [0, 0.1) is 5.82 Å². The molecule has 0 radical (unpaired) electrons. The molecule has 0 spiro atoms. The minimum absolute atomic E-state index is 0.318. The van der Waals surface area contributed by atoms with E-state index in [0.29, 0.717) is 54.9 Å². The summed E-state index contributed by atoms with van der Waals surface area (Å²) in [5.41, 5.74) is 4.16. The van der Waals surface area contributed by atoms with E-state index in [-0.39, 0.29) is 11.7 Å². The average molecular weight is 500 g/mol. The summed E-state index contributed by atoms with van der Waals surface area (Å²) < 4.78 is 25.1. The Morgan fingerprint density at radius 2 is 1.95 bits per heavy atom. The van der Waals surface area contributed by atoms with Crippen LogP contribution in [-0.2, 0) is 9.53 Å². The summed E-state index contributed by atoms with van der Waals surface area (Å²) in [6, 6.07) is 15.7. The summed E-state index contributed by atoms with van der Waals surface area (Å²) in [4.78, 5) is 23.5. The molecule has 188 valence electrons. The maximum atomic E-state index is 13.9. The summed E-state index contributed by atoms with van der Waals surface area (Å²) >= 11 is 0. The van der Waals surface area contributed by atoms with Crippen LogP contribution in [0.2, 0.25) is 0 Å². The fourth-order valence-electron chi connectivity index (χ4n) is 4.31. The van der Waals surface area contributed by atoms with Crippen molar-refractivity contribution in [3.05, 3.63) is 79.3 Å². The lowest BCUT2D eigenvalue weighted by molar-refractivity contribution is -0.111. The Kier molecular flexibility index (Phi) is 6.96. The van der Waals surface area contributed by atoms with E-state index in [1.807, 2.05) is 30.3 Å². The molecule has 1 fully saturated rings. The van der Waals surface area contributed by atoms with Crippen LogP contribution in [0.5, 0.6) is 5.75 Å². The van der Waals surface area contributed by atoms with E-state index in [4.69, 9.17) is 14.5 Å². The molecule has 1 saturated heterocycles. The van der Waals surface area contributed by atoms with Gasteiger partial charge < -0.3 is 25.0 Å². The predicted molar refractivity (Wildman–Crippen MR) is 143 cm³/mol. The Bertz CT molecular complexity index is 1470. The molecule has 1 aromatic heterocycles. The van der Waals surface area contributed by atoms with Crippen molar-refractivity contribution in [2.24, 2.45) is 0 Å². The number of aromatic nitrogens is 2. The first-order valence-corrected chi connectivity index (χ1v) is 11.8. The molecule has 0 unspecified atom stereocenters. The lowest BCUT2D eigenvalue weighted by atomic mass is 10.0. The zero-order chi connectivity index (χ0) is 25.8. The number of halogens is 1. The molecule has 1 amide bonds. The molecule has 9 heteroatoms. The summed E-state index contributed by atoms with van der Waals surface area (Å²) in [5.74, 6) is 0.239. The van der Waals surface area contributed by atoms with Gasteiger partial charge in [0.2, 0.25) is 11.9 Å². The first-order valence-electron chi connectivity index (χ1n) is 11.8. The number of morpholine rings is 1. The molecule has 1 aliphatic heterocycles. The summed E-state index contributed by atoms with van der Waals surface area (Å²) in [6.45, 7) is 6.12. The lowest BCUT2D eigenvalue weighted by Crippen LogP contribution is -2.36. The lowest BCUT2D eigenvalue weighted by Gasteiger charge is -2.31. The molecule has 37 heavy (non-hydrogen) atoms. The fraction of sp³-hybridized carbons (Fsp3) is 0.179. The van der Waals surface area contributed by atoms with Crippen molar-refractivity contribution >= 4 is 39.8 Å². The van der Waals surface area contributed by atoms with E-state index in [1.54, 1.807) is 25.4 Å². The topological polar surface area (TPSA) is 88.6 Å². The van der Waals surface area contributed by atoms with Gasteiger partial charge in [-0.15, -0.1) is 0 Å². The number of hydrogen-bond donors (Lipinski definition) is 2. The number of amides is 1. The van der Waals surface area contributed by atoms with Crippen molar-refractivity contribution in [2.75, 3.05) is 48.9 Å². The molecular formula is C28H26FN5O3. The second-order valence-electron chi connectivity index (χ2n) is 8.43. The molecule has 1 aliphatic rings. The number of para-hydroxylation sites is 1. The van der Waals surface area contributed by atoms with Crippen LogP contribution in [0.3, 0.4) is 0 Å². The van der Waals surface area contributed by atoms with Gasteiger partial charge in [0, 0.05) is 36.3 Å². The summed E-state index contributed by atoms with van der Waals surface area (Å²) in [5, 5.41) is 6.94. The minimum atomic E-state index is -0.327. The van der Waals surface area contributed by atoms with Crippen molar-refractivity contribution in [1.82, 2.24) is 9.97 Å². The van der Waals surface area contributed by atoms with E-state index >= 15 is 0 Å². The first-order chi connectivity index (χ1) is 18.1. The SMILES string of the molecule is C=CC(=O)Nc1cc(Nc2ncc3cccc(-c4cccc(F)c4)c3n2)c(OC)cc1N1CCOCC1. The van der Waals surface area contributed by atoms with E-state index in [2.05, 4.69) is 27.1 Å². The number of anilines is 4. The number of nitrogens with one attached hydrogen (secondary N) is 2. The van der Waals surface area contributed by atoms with Crippen LogP contribution in [-0.4, -0.2) is 49.3 Å². The van der Waals surface area contributed by atoms with E-state index < -0.39 is 0 Å². The van der Waals surface area contributed by atoms with E-state index in [1.165, 1.54) is 18.2 Å². The molecule has 4 aromatic rings. The number of nitrogens with zero attached hydrogens (tertiary/aromatic N) is 3. The van der Waals surface area contributed by atoms with Gasteiger partial charge in [-0.05, 0) is 29.8 Å². The standard InChI is InChI=1S/C28H26FN5O3/c1-3-26(35)31-22-15-23(25(36-2)16-24(22)34-10-12-37-13-11-34)32-28-30-17-19-7-5-9-21(27(19)33-28)18-6-4-8-20(29)14-18/h3-9,14-17H,1,10-13H2,2H3,(H,31,35)(H,30,32,33). The highest BCUT2D eigenvalue weighted by atomic mass is 19.1. The van der Waals surface area contributed by atoms with Crippen LogP contribution >= 0.6 is 0 Å². The monoisotopic (exact) mass is 499 g/mol. The Balaban J connectivity index is 1.55. The number of methoxy groups -OCH3 is 1. The van der Waals surface area contributed by atoms with Gasteiger partial charge in [-0.1, -0.05) is 36.9 Å². The predicted octanol–water partition coefficient (Wildman–Crippen LogP) is 5.15. The summed E-state index contributed by atoms with van der Waals surface area (Å²) in [6.07, 6.45) is 2.93. The highest BCUT2D eigenvalue weighted by molar-refractivity contribution is 6.02. The van der Waals surface area contributed by atoms with E-state index in [0.717, 1.165) is 22.2 Å². The largest absolute Gasteiger partial charge is 0.494 e. The van der Waals surface area contributed by atoms with Crippen LogP contribution in [0.15, 0.2) is 73.4 Å². The van der Waals surface area contributed by atoms with Crippen LogP contribution < -0.4 is 20.3 Å². The molecule has 3 aromatic carbocycles. The molecule has 5 rings (SSSR count). The van der Waals surface area contributed by atoms with Crippen LogP contribution in [0.1, 0.15) is 0 Å². The molecule has 0 aliphatic carbocycles. The van der Waals surface area contributed by atoms with Gasteiger partial charge in [-0.2, -0.15) is 0 Å². The number of rotatable bonds is 7. The molecule has 2 heterocycles. The second kappa shape index (κ2) is 10.6. The Labute approximate surface area is 213 Å². The van der Waals surface area contributed by atoms with Gasteiger partial charge in [0.15, 0.2) is 0 Å². The van der Waals surface area contributed by atoms with Crippen molar-refractivity contribution in [2.45, 2.75) is 0 Å². The molecular weight excluding hydrogens is 473 g/mol. The number of carbonyl (C=O) groups excluding carboxylic acids is 1. The molecule has 0 bridgehead atoms. The smallest absolute Gasteiger partial charge is 0.247 e. The van der Waals surface area contributed by atoms with Gasteiger partial charge in [0.1, 0.15) is 11.6 Å². The second-order valence-corrected chi connectivity index (χ2v) is 8.43. The number of ether oxygens (including phenoxy) is 2. The third-order valence-electron chi connectivity index (χ3n) is 6.11. The van der Waals surface area contributed by atoms with Gasteiger partial charge in [0.05, 0.1) is 42.9 Å².